The molecule has 5 rings (SSSR count). The van der Waals surface area contributed by atoms with E-state index in [1.807, 2.05) is 12.1 Å². The van der Waals surface area contributed by atoms with E-state index in [-0.39, 0.29) is 4.90 Å². The number of amides is 2. The van der Waals surface area contributed by atoms with Gasteiger partial charge in [0.25, 0.3) is 11.8 Å². The van der Waals surface area contributed by atoms with Crippen LogP contribution in [0.5, 0.6) is 0 Å². The van der Waals surface area contributed by atoms with Gasteiger partial charge in [0.15, 0.2) is 0 Å². The van der Waals surface area contributed by atoms with Crippen molar-refractivity contribution in [3.63, 3.8) is 0 Å². The molecule has 0 radical (unpaired) electrons. The Morgan fingerprint density at radius 3 is 2.24 bits per heavy atom. The Balaban J connectivity index is 1.50. The minimum atomic E-state index is -3.58. The fraction of sp³-hybridized carbons (Fsp3) is 0.280. The third kappa shape index (κ3) is 3.66. The van der Waals surface area contributed by atoms with E-state index < -0.39 is 21.8 Å². The van der Waals surface area contributed by atoms with Crippen LogP contribution in [0.1, 0.15) is 40.0 Å². The first-order valence-electron chi connectivity index (χ1n) is 11.4. The maximum atomic E-state index is 13.4. The number of carbonyl (C=O) groups is 2. The highest BCUT2D eigenvalue weighted by Crippen LogP contribution is 2.36. The average molecular weight is 479 g/mol. The molecule has 2 aliphatic heterocycles. The molecular formula is C25H26N4O4S. The lowest BCUT2D eigenvalue weighted by Crippen LogP contribution is -2.40. The fourth-order valence-electron chi connectivity index (χ4n) is 4.65. The maximum absolute atomic E-state index is 13.4. The van der Waals surface area contributed by atoms with Gasteiger partial charge in [-0.3, -0.25) is 9.59 Å². The molecule has 0 unspecified atom stereocenters. The molecule has 176 valence electrons. The SMILES string of the molecule is NCCCNc1ccc2c3c(cccc13)C(=O)N(c1ccc(S(=O)(=O)N3CCCC3)cc1)C2=O. The Morgan fingerprint density at radius 1 is 0.882 bits per heavy atom. The van der Waals surface area contributed by atoms with Gasteiger partial charge in [-0.1, -0.05) is 12.1 Å². The van der Waals surface area contributed by atoms with E-state index in [0.29, 0.717) is 48.4 Å². The Morgan fingerprint density at radius 2 is 1.56 bits per heavy atom. The van der Waals surface area contributed by atoms with Crippen molar-refractivity contribution >= 4 is 44.0 Å². The van der Waals surface area contributed by atoms with Gasteiger partial charge in [0.2, 0.25) is 10.0 Å². The first-order chi connectivity index (χ1) is 16.4. The van der Waals surface area contributed by atoms with E-state index in [2.05, 4.69) is 5.32 Å². The van der Waals surface area contributed by atoms with Gasteiger partial charge in [0.05, 0.1) is 10.6 Å². The largest absolute Gasteiger partial charge is 0.384 e. The van der Waals surface area contributed by atoms with Gasteiger partial charge in [0, 0.05) is 47.2 Å². The van der Waals surface area contributed by atoms with Crippen LogP contribution in [0.25, 0.3) is 10.8 Å². The predicted octanol–water partition coefficient (Wildman–Crippen LogP) is 3.19. The van der Waals surface area contributed by atoms with Gasteiger partial charge in [0.1, 0.15) is 0 Å². The standard InChI is InChI=1S/C25H26N4O4S/c26-13-4-14-27-22-12-11-21-23-19(22)5-3-6-20(23)24(30)29(25(21)31)17-7-9-18(10-8-17)34(32,33)28-15-1-2-16-28/h3,5-12,27H,1-2,4,13-16,26H2. The van der Waals surface area contributed by atoms with E-state index in [0.717, 1.165) is 35.2 Å². The number of benzene rings is 3. The lowest BCUT2D eigenvalue weighted by molar-refractivity contribution is 0.0893. The Bertz CT molecular complexity index is 1360. The fourth-order valence-corrected chi connectivity index (χ4v) is 6.17. The van der Waals surface area contributed by atoms with Crippen molar-refractivity contribution in [3.05, 3.63) is 65.7 Å². The zero-order valence-corrected chi connectivity index (χ0v) is 19.5. The lowest BCUT2D eigenvalue weighted by atomic mass is 9.92. The van der Waals surface area contributed by atoms with Crippen molar-refractivity contribution in [2.75, 3.05) is 36.4 Å². The molecule has 2 amide bonds. The quantitative estimate of drug-likeness (QED) is 0.398. The van der Waals surface area contributed by atoms with Crippen LogP contribution in [0, 0.1) is 0 Å². The molecule has 34 heavy (non-hydrogen) atoms. The van der Waals surface area contributed by atoms with Crippen LogP contribution >= 0.6 is 0 Å². The molecule has 0 aliphatic carbocycles. The second-order valence-electron chi connectivity index (χ2n) is 8.51. The van der Waals surface area contributed by atoms with E-state index in [1.54, 1.807) is 18.2 Å². The molecule has 1 fully saturated rings. The molecule has 3 aromatic carbocycles. The van der Waals surface area contributed by atoms with Gasteiger partial charge in [-0.15, -0.1) is 0 Å². The number of nitrogens with one attached hydrogen (secondary N) is 1. The summed E-state index contributed by atoms with van der Waals surface area (Å²) in [5, 5.41) is 4.76. The van der Waals surface area contributed by atoms with E-state index in [9.17, 15) is 18.0 Å². The monoisotopic (exact) mass is 478 g/mol. The van der Waals surface area contributed by atoms with Crippen molar-refractivity contribution in [2.45, 2.75) is 24.2 Å². The van der Waals surface area contributed by atoms with Crippen molar-refractivity contribution < 1.29 is 18.0 Å². The molecule has 1 saturated heterocycles. The Hall–Kier alpha value is -3.27. The van der Waals surface area contributed by atoms with Gasteiger partial charge in [-0.05, 0) is 68.3 Å². The normalized spacial score (nSPS) is 16.4. The van der Waals surface area contributed by atoms with Crippen LogP contribution in [-0.2, 0) is 10.0 Å². The number of hydrogen-bond donors (Lipinski definition) is 2. The van der Waals surface area contributed by atoms with Crippen LogP contribution in [0.2, 0.25) is 0 Å². The summed E-state index contributed by atoms with van der Waals surface area (Å²) < 4.78 is 27.1. The number of hydrogen-bond acceptors (Lipinski definition) is 6. The molecule has 0 spiro atoms. The number of nitrogens with two attached hydrogens (primary N) is 1. The van der Waals surface area contributed by atoms with Gasteiger partial charge in [-0.25, -0.2) is 13.3 Å². The summed E-state index contributed by atoms with van der Waals surface area (Å²) in [6.07, 6.45) is 2.50. The third-order valence-electron chi connectivity index (χ3n) is 6.40. The lowest BCUT2D eigenvalue weighted by Gasteiger charge is -2.28. The number of rotatable bonds is 7. The van der Waals surface area contributed by atoms with Gasteiger partial charge in [-0.2, -0.15) is 4.31 Å². The molecule has 2 heterocycles. The second kappa shape index (κ2) is 8.83. The number of sulfonamides is 1. The highest BCUT2D eigenvalue weighted by molar-refractivity contribution is 7.89. The average Bonchev–Trinajstić information content (AvgIpc) is 3.40. The minimum Gasteiger partial charge on any atom is -0.384 e. The molecule has 2 aliphatic rings. The molecular weight excluding hydrogens is 452 g/mol. The summed E-state index contributed by atoms with van der Waals surface area (Å²) in [4.78, 5) is 28.1. The molecule has 0 atom stereocenters. The highest BCUT2D eigenvalue weighted by Gasteiger charge is 2.35. The predicted molar refractivity (Wildman–Crippen MR) is 132 cm³/mol. The summed E-state index contributed by atoms with van der Waals surface area (Å²) in [6, 6.07) is 14.9. The number of imide groups is 1. The van der Waals surface area contributed by atoms with Crippen LogP contribution in [0.3, 0.4) is 0 Å². The van der Waals surface area contributed by atoms with Crippen LogP contribution in [-0.4, -0.2) is 50.7 Å². The summed E-state index contributed by atoms with van der Waals surface area (Å²) in [6.45, 7) is 2.28. The Kier molecular flexibility index (Phi) is 5.85. The van der Waals surface area contributed by atoms with Crippen LogP contribution < -0.4 is 16.0 Å². The maximum Gasteiger partial charge on any atom is 0.265 e. The number of carbonyl (C=O) groups excluding carboxylic acids is 2. The third-order valence-corrected chi connectivity index (χ3v) is 8.31. The molecule has 9 heteroatoms. The Labute approximate surface area is 198 Å². The molecule has 3 N–H and O–H groups in total. The summed E-state index contributed by atoms with van der Waals surface area (Å²) in [5.41, 5.74) is 7.64. The second-order valence-corrected chi connectivity index (χ2v) is 10.4. The van der Waals surface area contributed by atoms with Crippen molar-refractivity contribution in [3.8, 4) is 0 Å². The highest BCUT2D eigenvalue weighted by atomic mass is 32.2. The summed E-state index contributed by atoms with van der Waals surface area (Å²) in [7, 11) is -3.58. The summed E-state index contributed by atoms with van der Waals surface area (Å²) >= 11 is 0. The van der Waals surface area contributed by atoms with Gasteiger partial charge >= 0.3 is 0 Å². The van der Waals surface area contributed by atoms with E-state index in [4.69, 9.17) is 5.73 Å². The zero-order chi connectivity index (χ0) is 23.9. The molecule has 8 nitrogen and oxygen atoms in total. The topological polar surface area (TPSA) is 113 Å². The van der Waals surface area contributed by atoms with Crippen molar-refractivity contribution in [1.29, 1.82) is 0 Å². The molecule has 0 saturated carbocycles. The minimum absolute atomic E-state index is 0.158. The van der Waals surface area contributed by atoms with E-state index in [1.165, 1.54) is 28.6 Å². The van der Waals surface area contributed by atoms with E-state index >= 15 is 0 Å². The molecule has 3 aromatic rings. The number of nitrogens with zero attached hydrogens (tertiary/aromatic N) is 2. The first-order valence-corrected chi connectivity index (χ1v) is 12.9. The zero-order valence-electron chi connectivity index (χ0n) is 18.7. The molecule has 0 aromatic heterocycles. The van der Waals surface area contributed by atoms with Crippen LogP contribution in [0.15, 0.2) is 59.5 Å². The summed E-state index contributed by atoms with van der Waals surface area (Å²) in [5.74, 6) is -0.866. The van der Waals surface area contributed by atoms with Crippen LogP contribution in [0.4, 0.5) is 11.4 Å². The first kappa shape index (κ1) is 22.5. The number of anilines is 2. The van der Waals surface area contributed by atoms with Gasteiger partial charge < -0.3 is 11.1 Å². The van der Waals surface area contributed by atoms with Crippen molar-refractivity contribution in [1.82, 2.24) is 4.31 Å². The van der Waals surface area contributed by atoms with Crippen molar-refractivity contribution in [2.24, 2.45) is 5.73 Å². The molecule has 0 bridgehead atoms. The smallest absolute Gasteiger partial charge is 0.265 e.